The molecule has 0 saturated carbocycles. The van der Waals surface area contributed by atoms with Gasteiger partial charge in [0.15, 0.2) is 5.78 Å². The van der Waals surface area contributed by atoms with Crippen LogP contribution in [0.1, 0.15) is 40.5 Å². The molecule has 1 fully saturated rings. The molecular weight excluding hydrogens is 368 g/mol. The highest BCUT2D eigenvalue weighted by Gasteiger charge is 2.28. The molecule has 2 aromatic rings. The zero-order valence-corrected chi connectivity index (χ0v) is 15.6. The molecule has 0 aromatic heterocycles. The van der Waals surface area contributed by atoms with Crippen molar-refractivity contribution < 1.29 is 23.1 Å². The van der Waals surface area contributed by atoms with E-state index in [4.69, 9.17) is 0 Å². The van der Waals surface area contributed by atoms with Gasteiger partial charge in [0.05, 0.1) is 16.1 Å². The molecule has 0 atom stereocenters. The summed E-state index contributed by atoms with van der Waals surface area (Å²) in [6.45, 7) is 2.26. The Labute approximate surface area is 157 Å². The third kappa shape index (κ3) is 3.86. The first-order valence-corrected chi connectivity index (χ1v) is 9.99. The zero-order valence-electron chi connectivity index (χ0n) is 14.8. The minimum atomic E-state index is -3.72. The molecule has 0 spiro atoms. The summed E-state index contributed by atoms with van der Waals surface area (Å²) in [5.41, 5.74) is 0.446. The molecule has 2 aromatic carbocycles. The summed E-state index contributed by atoms with van der Waals surface area (Å²) in [6, 6.07) is 10.1. The van der Waals surface area contributed by atoms with Crippen molar-refractivity contribution in [1.29, 1.82) is 0 Å². The molecule has 0 unspecified atom stereocenters. The second-order valence-corrected chi connectivity index (χ2v) is 8.28. The number of Topliss-reactive ketones (excluding diaryl/α,β-unsaturated/α-hetero) is 1. The Hall–Kier alpha value is -2.71. The molecule has 1 aliphatic rings. The van der Waals surface area contributed by atoms with Crippen molar-refractivity contribution in [3.8, 4) is 5.75 Å². The van der Waals surface area contributed by atoms with E-state index >= 15 is 0 Å². The highest BCUT2D eigenvalue weighted by atomic mass is 32.2. The van der Waals surface area contributed by atoms with Crippen LogP contribution in [0, 0.1) is 0 Å². The average molecular weight is 388 g/mol. The number of anilines is 1. The predicted octanol–water partition coefficient (Wildman–Crippen LogP) is 2.63. The molecular formula is C19H20N2O5S. The number of amides is 1. The number of phenolic OH excluding ortho intramolecular Hbond substituents is 1. The van der Waals surface area contributed by atoms with Crippen LogP contribution >= 0.6 is 0 Å². The van der Waals surface area contributed by atoms with Crippen molar-refractivity contribution in [2.24, 2.45) is 0 Å². The Balaban J connectivity index is 1.93. The van der Waals surface area contributed by atoms with E-state index in [2.05, 4.69) is 5.32 Å². The van der Waals surface area contributed by atoms with Crippen molar-refractivity contribution in [3.05, 3.63) is 53.6 Å². The smallest absolute Gasteiger partial charge is 0.259 e. The fourth-order valence-corrected chi connectivity index (χ4v) is 4.57. The number of hydrogen-bond donors (Lipinski definition) is 2. The normalized spacial score (nSPS) is 14.9. The molecule has 0 aliphatic carbocycles. The van der Waals surface area contributed by atoms with Crippen LogP contribution in [0.2, 0.25) is 0 Å². The molecule has 0 bridgehead atoms. The minimum Gasteiger partial charge on any atom is -0.507 e. The fourth-order valence-electron chi connectivity index (χ4n) is 3.02. The van der Waals surface area contributed by atoms with Gasteiger partial charge in [0.1, 0.15) is 5.75 Å². The van der Waals surface area contributed by atoms with E-state index in [-0.39, 0.29) is 22.0 Å². The summed E-state index contributed by atoms with van der Waals surface area (Å²) in [5, 5.41) is 12.6. The Kier molecular flexibility index (Phi) is 5.29. The van der Waals surface area contributed by atoms with Crippen LogP contribution in [-0.2, 0) is 10.0 Å². The summed E-state index contributed by atoms with van der Waals surface area (Å²) in [6.07, 6.45) is 1.60. The lowest BCUT2D eigenvalue weighted by molar-refractivity contribution is 0.101. The summed E-state index contributed by atoms with van der Waals surface area (Å²) in [5.74, 6) is -1.26. The minimum absolute atomic E-state index is 0.0489. The molecule has 3 rings (SSSR count). The lowest BCUT2D eigenvalue weighted by Crippen LogP contribution is -2.28. The average Bonchev–Trinajstić information content (AvgIpc) is 3.17. The summed E-state index contributed by atoms with van der Waals surface area (Å²) in [7, 11) is -3.72. The first-order chi connectivity index (χ1) is 12.8. The topological polar surface area (TPSA) is 104 Å². The maximum absolute atomic E-state index is 12.7. The van der Waals surface area contributed by atoms with Crippen molar-refractivity contribution in [3.63, 3.8) is 0 Å². The van der Waals surface area contributed by atoms with Gasteiger partial charge < -0.3 is 10.4 Å². The largest absolute Gasteiger partial charge is 0.507 e. The van der Waals surface area contributed by atoms with E-state index in [1.807, 2.05) is 0 Å². The molecule has 1 amide bonds. The number of para-hydroxylation sites is 1. The Morgan fingerprint density at radius 3 is 2.37 bits per heavy atom. The van der Waals surface area contributed by atoms with Gasteiger partial charge in [-0.15, -0.1) is 0 Å². The van der Waals surface area contributed by atoms with Crippen LogP contribution in [0.3, 0.4) is 0 Å². The van der Waals surface area contributed by atoms with Crippen molar-refractivity contribution >= 4 is 27.4 Å². The van der Waals surface area contributed by atoms with Gasteiger partial charge in [0.2, 0.25) is 10.0 Å². The SMILES string of the molecule is CC(=O)c1ccccc1NC(=O)c1cc(S(=O)(=O)N2CCCC2)ccc1O. The number of nitrogens with zero attached hydrogens (tertiary/aromatic N) is 1. The van der Waals surface area contributed by atoms with Gasteiger partial charge in [-0.05, 0) is 50.1 Å². The molecule has 0 radical (unpaired) electrons. The second-order valence-electron chi connectivity index (χ2n) is 6.35. The van der Waals surface area contributed by atoms with E-state index < -0.39 is 15.9 Å². The summed E-state index contributed by atoms with van der Waals surface area (Å²) < 4.78 is 26.7. The number of hydrogen-bond acceptors (Lipinski definition) is 5. The second kappa shape index (κ2) is 7.50. The molecule has 2 N–H and O–H groups in total. The number of sulfonamides is 1. The van der Waals surface area contributed by atoms with E-state index in [9.17, 15) is 23.1 Å². The number of benzene rings is 2. The molecule has 1 saturated heterocycles. The van der Waals surface area contributed by atoms with Gasteiger partial charge in [0.25, 0.3) is 5.91 Å². The highest BCUT2D eigenvalue weighted by Crippen LogP contribution is 2.27. The van der Waals surface area contributed by atoms with Crippen LogP contribution in [0.4, 0.5) is 5.69 Å². The molecule has 8 heteroatoms. The lowest BCUT2D eigenvalue weighted by atomic mass is 10.1. The lowest BCUT2D eigenvalue weighted by Gasteiger charge is -2.16. The zero-order chi connectivity index (χ0) is 19.6. The van der Waals surface area contributed by atoms with E-state index in [0.717, 1.165) is 18.9 Å². The number of nitrogens with one attached hydrogen (secondary N) is 1. The van der Waals surface area contributed by atoms with Gasteiger partial charge in [-0.2, -0.15) is 4.31 Å². The van der Waals surface area contributed by atoms with Crippen molar-refractivity contribution in [2.75, 3.05) is 18.4 Å². The maximum atomic E-state index is 12.7. The molecule has 1 aliphatic heterocycles. The number of carbonyl (C=O) groups is 2. The van der Waals surface area contributed by atoms with Crippen molar-refractivity contribution in [1.82, 2.24) is 4.31 Å². The summed E-state index contributed by atoms with van der Waals surface area (Å²) >= 11 is 0. The number of carbonyl (C=O) groups excluding carboxylic acids is 2. The first-order valence-electron chi connectivity index (χ1n) is 8.55. The number of ketones is 1. The first kappa shape index (κ1) is 19.1. The maximum Gasteiger partial charge on any atom is 0.259 e. The van der Waals surface area contributed by atoms with Crippen LogP contribution < -0.4 is 5.32 Å². The van der Waals surface area contributed by atoms with Crippen LogP contribution in [0.15, 0.2) is 47.4 Å². The third-order valence-corrected chi connectivity index (χ3v) is 6.36. The van der Waals surface area contributed by atoms with Crippen LogP contribution in [0.25, 0.3) is 0 Å². The van der Waals surface area contributed by atoms with Crippen LogP contribution in [0.5, 0.6) is 5.75 Å². The summed E-state index contributed by atoms with van der Waals surface area (Å²) in [4.78, 5) is 24.3. The number of rotatable bonds is 5. The van der Waals surface area contributed by atoms with Gasteiger partial charge in [-0.25, -0.2) is 8.42 Å². The Morgan fingerprint density at radius 1 is 1.04 bits per heavy atom. The predicted molar refractivity (Wildman–Crippen MR) is 100 cm³/mol. The number of phenols is 1. The van der Waals surface area contributed by atoms with Gasteiger partial charge >= 0.3 is 0 Å². The standard InChI is InChI=1S/C19H20N2O5S/c1-13(22)15-6-2-3-7-17(15)20-19(24)16-12-14(8-9-18(16)23)27(25,26)21-10-4-5-11-21/h2-3,6-9,12,23H,4-5,10-11H2,1H3,(H,20,24). The third-order valence-electron chi connectivity index (χ3n) is 4.47. The van der Waals surface area contributed by atoms with Gasteiger partial charge in [-0.3, -0.25) is 9.59 Å². The van der Waals surface area contributed by atoms with Gasteiger partial charge in [-0.1, -0.05) is 12.1 Å². The molecule has 1 heterocycles. The van der Waals surface area contributed by atoms with E-state index in [1.54, 1.807) is 24.3 Å². The van der Waals surface area contributed by atoms with E-state index in [0.29, 0.717) is 24.3 Å². The molecule has 142 valence electrons. The molecule has 27 heavy (non-hydrogen) atoms. The monoisotopic (exact) mass is 388 g/mol. The highest BCUT2D eigenvalue weighted by molar-refractivity contribution is 7.89. The van der Waals surface area contributed by atoms with Crippen LogP contribution in [-0.4, -0.2) is 42.6 Å². The van der Waals surface area contributed by atoms with E-state index in [1.165, 1.54) is 23.4 Å². The Bertz CT molecular complexity index is 995. The van der Waals surface area contributed by atoms with Gasteiger partial charge in [0, 0.05) is 18.7 Å². The Morgan fingerprint density at radius 2 is 1.70 bits per heavy atom. The number of aromatic hydroxyl groups is 1. The van der Waals surface area contributed by atoms with Crippen molar-refractivity contribution in [2.45, 2.75) is 24.7 Å². The quantitative estimate of drug-likeness (QED) is 0.767. The fraction of sp³-hybridized carbons (Fsp3) is 0.263. The molecule has 7 nitrogen and oxygen atoms in total.